The standard InChI is InChI=1S/C18H28N6.HI/c1-18(2)10-7-14(8-11-18)21-17(19-3)20-12-9-16-23-22-15-6-4-5-13-24(15)16;/h4-6,13-14H,7-12H2,1-3H3,(H2,19,20,21);1H. The monoisotopic (exact) mass is 456 g/mol. The largest absolute Gasteiger partial charge is 0.356 e. The predicted octanol–water partition coefficient (Wildman–Crippen LogP) is 3.02. The van der Waals surface area contributed by atoms with Gasteiger partial charge in [0, 0.05) is 32.3 Å². The van der Waals surface area contributed by atoms with Gasteiger partial charge < -0.3 is 10.6 Å². The minimum absolute atomic E-state index is 0. The van der Waals surface area contributed by atoms with Gasteiger partial charge in [0.1, 0.15) is 5.82 Å². The number of rotatable bonds is 4. The Morgan fingerprint density at radius 1 is 1.28 bits per heavy atom. The van der Waals surface area contributed by atoms with Gasteiger partial charge in [0.2, 0.25) is 0 Å². The highest BCUT2D eigenvalue weighted by Crippen LogP contribution is 2.34. The van der Waals surface area contributed by atoms with Crippen LogP contribution in [0.3, 0.4) is 0 Å². The van der Waals surface area contributed by atoms with Crippen LogP contribution in [0.2, 0.25) is 0 Å². The first-order valence-electron chi connectivity index (χ1n) is 8.83. The zero-order valence-electron chi connectivity index (χ0n) is 15.3. The number of fused-ring (bicyclic) bond motifs is 1. The second-order valence-electron chi connectivity index (χ2n) is 7.38. The number of nitrogens with zero attached hydrogens (tertiary/aromatic N) is 4. The van der Waals surface area contributed by atoms with Gasteiger partial charge in [-0.1, -0.05) is 19.9 Å². The molecule has 2 N–H and O–H groups in total. The molecular weight excluding hydrogens is 427 g/mol. The van der Waals surface area contributed by atoms with E-state index >= 15 is 0 Å². The number of hydrogen-bond donors (Lipinski definition) is 2. The fraction of sp³-hybridized carbons (Fsp3) is 0.611. The smallest absolute Gasteiger partial charge is 0.191 e. The van der Waals surface area contributed by atoms with Crippen molar-refractivity contribution in [3.05, 3.63) is 30.2 Å². The summed E-state index contributed by atoms with van der Waals surface area (Å²) in [5, 5.41) is 15.4. The molecule has 2 aromatic rings. The van der Waals surface area contributed by atoms with Gasteiger partial charge in [-0.15, -0.1) is 34.2 Å². The lowest BCUT2D eigenvalue weighted by Gasteiger charge is -2.35. The summed E-state index contributed by atoms with van der Waals surface area (Å²) in [5.41, 5.74) is 1.38. The van der Waals surface area contributed by atoms with Gasteiger partial charge in [-0.3, -0.25) is 9.39 Å². The maximum atomic E-state index is 4.35. The summed E-state index contributed by atoms with van der Waals surface area (Å²) in [7, 11) is 1.83. The molecule has 138 valence electrons. The van der Waals surface area contributed by atoms with E-state index in [-0.39, 0.29) is 24.0 Å². The van der Waals surface area contributed by atoms with Crippen molar-refractivity contribution in [2.24, 2.45) is 10.4 Å². The second kappa shape index (κ2) is 8.82. The van der Waals surface area contributed by atoms with Gasteiger partial charge in [0.05, 0.1) is 0 Å². The van der Waals surface area contributed by atoms with E-state index in [4.69, 9.17) is 0 Å². The molecule has 0 amide bonds. The van der Waals surface area contributed by atoms with Crippen LogP contribution in [-0.2, 0) is 6.42 Å². The summed E-state index contributed by atoms with van der Waals surface area (Å²) in [4.78, 5) is 4.35. The Labute approximate surface area is 166 Å². The lowest BCUT2D eigenvalue weighted by molar-refractivity contribution is 0.216. The summed E-state index contributed by atoms with van der Waals surface area (Å²) in [5.74, 6) is 1.85. The second-order valence-corrected chi connectivity index (χ2v) is 7.38. The number of halogens is 1. The zero-order chi connectivity index (χ0) is 17.0. The molecule has 1 saturated carbocycles. The highest BCUT2D eigenvalue weighted by molar-refractivity contribution is 14.0. The highest BCUT2D eigenvalue weighted by Gasteiger charge is 2.27. The molecule has 0 aliphatic heterocycles. The van der Waals surface area contributed by atoms with Crippen LogP contribution in [0, 0.1) is 5.41 Å². The van der Waals surface area contributed by atoms with E-state index in [9.17, 15) is 0 Å². The molecule has 1 aliphatic rings. The van der Waals surface area contributed by atoms with Crippen LogP contribution in [0.1, 0.15) is 45.4 Å². The molecule has 0 saturated heterocycles. The van der Waals surface area contributed by atoms with E-state index in [1.54, 1.807) is 0 Å². The lowest BCUT2D eigenvalue weighted by Crippen LogP contribution is -2.46. The first-order chi connectivity index (χ1) is 11.6. The van der Waals surface area contributed by atoms with Crippen LogP contribution in [0.25, 0.3) is 5.65 Å². The zero-order valence-corrected chi connectivity index (χ0v) is 17.7. The van der Waals surface area contributed by atoms with Crippen LogP contribution < -0.4 is 10.6 Å². The molecule has 0 atom stereocenters. The Bertz CT molecular complexity index is 698. The Morgan fingerprint density at radius 2 is 2.04 bits per heavy atom. The molecule has 2 aromatic heterocycles. The number of hydrogen-bond acceptors (Lipinski definition) is 3. The van der Waals surface area contributed by atoms with E-state index in [0.717, 1.165) is 30.4 Å². The minimum atomic E-state index is 0. The lowest BCUT2D eigenvalue weighted by atomic mass is 9.75. The minimum Gasteiger partial charge on any atom is -0.356 e. The maximum absolute atomic E-state index is 4.35. The summed E-state index contributed by atoms with van der Waals surface area (Å²) < 4.78 is 2.03. The third kappa shape index (κ3) is 5.29. The number of guanidine groups is 1. The Hall–Kier alpha value is -1.38. The molecule has 1 aliphatic carbocycles. The molecule has 0 bridgehead atoms. The van der Waals surface area contributed by atoms with Gasteiger partial charge in [0.25, 0.3) is 0 Å². The maximum Gasteiger partial charge on any atom is 0.191 e. The number of aliphatic imine (C=N–C) groups is 1. The fourth-order valence-corrected chi connectivity index (χ4v) is 3.29. The SMILES string of the molecule is CN=C(NCCc1nnc2ccccn12)NC1CCC(C)(C)CC1.I. The quantitative estimate of drug-likeness (QED) is 0.422. The number of pyridine rings is 1. The van der Waals surface area contributed by atoms with E-state index in [1.807, 2.05) is 35.8 Å². The van der Waals surface area contributed by atoms with E-state index < -0.39 is 0 Å². The topological polar surface area (TPSA) is 66.6 Å². The van der Waals surface area contributed by atoms with Crippen molar-refractivity contribution in [2.75, 3.05) is 13.6 Å². The predicted molar refractivity (Wildman–Crippen MR) is 113 cm³/mol. The van der Waals surface area contributed by atoms with Gasteiger partial charge in [-0.05, 0) is 43.2 Å². The van der Waals surface area contributed by atoms with Gasteiger partial charge in [0.15, 0.2) is 11.6 Å². The van der Waals surface area contributed by atoms with Gasteiger partial charge in [-0.2, -0.15) is 0 Å². The molecule has 6 nitrogen and oxygen atoms in total. The molecule has 1 fully saturated rings. The van der Waals surface area contributed by atoms with Crippen LogP contribution in [-0.4, -0.2) is 40.2 Å². The summed E-state index contributed by atoms with van der Waals surface area (Å²) in [6.07, 6.45) is 7.77. The first kappa shape index (κ1) is 19.9. The molecule has 0 spiro atoms. The third-order valence-electron chi connectivity index (χ3n) is 4.93. The van der Waals surface area contributed by atoms with Crippen LogP contribution in [0.4, 0.5) is 0 Å². The van der Waals surface area contributed by atoms with Gasteiger partial charge in [-0.25, -0.2) is 0 Å². The molecule has 2 heterocycles. The molecule has 3 rings (SSSR count). The van der Waals surface area contributed by atoms with Crippen molar-refractivity contribution in [2.45, 2.75) is 52.0 Å². The van der Waals surface area contributed by atoms with Crippen LogP contribution in [0.15, 0.2) is 29.4 Å². The average Bonchev–Trinajstić information content (AvgIpc) is 2.99. The molecule has 0 aromatic carbocycles. The molecular formula is C18H29IN6. The molecule has 7 heteroatoms. The normalized spacial score (nSPS) is 18.0. The summed E-state index contributed by atoms with van der Waals surface area (Å²) >= 11 is 0. The third-order valence-corrected chi connectivity index (χ3v) is 4.93. The van der Waals surface area contributed by atoms with Crippen LogP contribution >= 0.6 is 24.0 Å². The molecule has 0 radical (unpaired) electrons. The summed E-state index contributed by atoms with van der Waals surface area (Å²) in [6, 6.07) is 6.47. The Kier molecular flexibility index (Phi) is 7.04. The van der Waals surface area contributed by atoms with Crippen molar-refractivity contribution in [3.63, 3.8) is 0 Å². The number of aromatic nitrogens is 3. The van der Waals surface area contributed by atoms with E-state index in [0.29, 0.717) is 11.5 Å². The molecule has 0 unspecified atom stereocenters. The van der Waals surface area contributed by atoms with Crippen LogP contribution in [0.5, 0.6) is 0 Å². The van der Waals surface area contributed by atoms with E-state index in [1.165, 1.54) is 25.7 Å². The van der Waals surface area contributed by atoms with Crippen molar-refractivity contribution >= 4 is 35.6 Å². The van der Waals surface area contributed by atoms with Crippen molar-refractivity contribution in [3.8, 4) is 0 Å². The first-order valence-corrected chi connectivity index (χ1v) is 8.83. The average molecular weight is 456 g/mol. The van der Waals surface area contributed by atoms with Crippen molar-refractivity contribution < 1.29 is 0 Å². The van der Waals surface area contributed by atoms with Gasteiger partial charge >= 0.3 is 0 Å². The molecule has 25 heavy (non-hydrogen) atoms. The fourth-order valence-electron chi connectivity index (χ4n) is 3.29. The Morgan fingerprint density at radius 3 is 2.76 bits per heavy atom. The Balaban J connectivity index is 0.00000225. The summed E-state index contributed by atoms with van der Waals surface area (Å²) in [6.45, 7) is 5.51. The highest BCUT2D eigenvalue weighted by atomic mass is 127. The van der Waals surface area contributed by atoms with Crippen molar-refractivity contribution in [1.29, 1.82) is 0 Å². The number of nitrogens with one attached hydrogen (secondary N) is 2. The van der Waals surface area contributed by atoms with E-state index in [2.05, 4.69) is 39.7 Å². The van der Waals surface area contributed by atoms with Crippen molar-refractivity contribution in [1.82, 2.24) is 25.2 Å².